The molecule has 14 aromatic rings. The van der Waals surface area contributed by atoms with Gasteiger partial charge in [-0.2, -0.15) is 51.7 Å². The van der Waals surface area contributed by atoms with E-state index in [2.05, 4.69) is 80.7 Å². The number of fused-ring (bicyclic) bond motifs is 10. The number of carbonyl (C=O) groups is 4. The number of rotatable bonds is 20. The van der Waals surface area contributed by atoms with E-state index in [-0.39, 0.29) is 132 Å². The van der Waals surface area contributed by atoms with E-state index >= 15 is 0 Å². The van der Waals surface area contributed by atoms with Crippen LogP contribution in [0, 0.1) is 50.3 Å². The van der Waals surface area contributed by atoms with Crippen molar-refractivity contribution in [3.63, 3.8) is 0 Å². The van der Waals surface area contributed by atoms with Crippen LogP contribution in [-0.4, -0.2) is 213 Å². The van der Waals surface area contributed by atoms with Crippen molar-refractivity contribution in [2.24, 2.45) is 23.7 Å². The summed E-state index contributed by atoms with van der Waals surface area (Å²) in [6.45, 7) is 6.86. The molecular formula is C93H86F7N23O9. The van der Waals surface area contributed by atoms with Crippen LogP contribution < -0.4 is 18.9 Å². The average Bonchev–Trinajstić information content (AvgIpc) is 1.62. The number of ether oxygens (including phenoxy) is 4. The van der Waals surface area contributed by atoms with Crippen LogP contribution in [0.4, 0.5) is 30.7 Å². The first kappa shape index (κ1) is 86.7. The zero-order valence-corrected chi connectivity index (χ0v) is 71.4. The third kappa shape index (κ3) is 17.9. The lowest BCUT2D eigenvalue weighted by Gasteiger charge is -2.25. The molecule has 8 fully saturated rings. The van der Waals surface area contributed by atoms with Gasteiger partial charge in [-0.05, 0) is 183 Å². The van der Waals surface area contributed by atoms with E-state index < -0.39 is 29.6 Å². The zero-order valence-electron chi connectivity index (χ0n) is 71.4. The van der Waals surface area contributed by atoms with E-state index in [1.807, 2.05) is 107 Å². The molecule has 0 spiro atoms. The van der Waals surface area contributed by atoms with Crippen molar-refractivity contribution in [3.05, 3.63) is 258 Å². The van der Waals surface area contributed by atoms with Crippen LogP contribution in [0.15, 0.2) is 206 Å². The fourth-order valence-electron chi connectivity index (χ4n) is 20.0. The van der Waals surface area contributed by atoms with Crippen molar-refractivity contribution in [2.75, 3.05) is 26.4 Å². The molecule has 18 heterocycles. The highest BCUT2D eigenvalue weighted by Gasteiger charge is 2.54. The summed E-state index contributed by atoms with van der Waals surface area (Å²) in [5.41, 5.74) is 5.22. The molecule has 10 aromatic heterocycles. The second-order valence-corrected chi connectivity index (χ2v) is 33.8. The number of pyridine rings is 4. The Morgan fingerprint density at radius 1 is 0.402 bits per heavy atom. The molecule has 8 aliphatic rings. The van der Waals surface area contributed by atoms with Crippen LogP contribution in [0.5, 0.6) is 23.5 Å². The molecule has 132 heavy (non-hydrogen) atoms. The molecule has 8 aliphatic heterocycles. The van der Waals surface area contributed by atoms with Gasteiger partial charge in [0.05, 0.1) is 126 Å². The smallest absolute Gasteiger partial charge is 0.433 e. The predicted molar refractivity (Wildman–Crippen MR) is 457 cm³/mol. The van der Waals surface area contributed by atoms with Gasteiger partial charge in [0.25, 0.3) is 29.5 Å². The van der Waals surface area contributed by atoms with Gasteiger partial charge in [-0.3, -0.25) is 19.2 Å². The summed E-state index contributed by atoms with van der Waals surface area (Å²) in [6, 6.07) is 41.8. The van der Waals surface area contributed by atoms with Crippen molar-refractivity contribution >= 4 is 45.7 Å². The van der Waals surface area contributed by atoms with E-state index in [4.69, 9.17) is 23.5 Å². The lowest BCUT2D eigenvalue weighted by Crippen LogP contribution is -2.38. The van der Waals surface area contributed by atoms with Crippen LogP contribution >= 0.6 is 0 Å². The minimum absolute atomic E-state index is 0.00602. The summed E-state index contributed by atoms with van der Waals surface area (Å²) in [6.07, 6.45) is 14.0. The van der Waals surface area contributed by atoms with E-state index in [1.54, 1.807) is 78.0 Å². The first-order valence-corrected chi connectivity index (χ1v) is 43.6. The standard InChI is InChI=1S/2C24H23N7O2.C23H21F3N4O3.C22H19F4N5O2/c1-15-6-8-18(23(27-15)30-11-10-26-29-30)24(32)31-17-7-9-21(31)16(12-17)14-33-22-13-25-19-4-2-3-5-20(19)28-22;1-15-6-8-18(23(28-15)31-26-10-11-27-31)24(32)30-17-7-9-21(30)16(12-17)14-33-22-13-25-19-4-2-3-5-20(19)29-22;1-13-27-21(33-29-13)16-5-2-3-6-17(16)22(31)30-15-9-10-18(30)14(11-15)12-32-20-8-4-7-19(28-20)23(24,25)26;23-16-4-1-3-15(20(16)31-27-9-10-28-31)21(32)30-14-7-8-17(30)13(11-14)12-33-19-6-2-5-18(29-19)22(24,25)26/h2*2-6,8,10-11,13,16-17,21H,7,9,12,14H2,1H3;2-8,14-15,18H,9-12H2,1H3;1-6,9-10,13-14,17H,7-8,11-12H2. The lowest BCUT2D eigenvalue weighted by molar-refractivity contribution is -0.142. The van der Waals surface area contributed by atoms with Gasteiger partial charge in [-0.1, -0.05) is 65.0 Å². The van der Waals surface area contributed by atoms with Gasteiger partial charge in [-0.25, -0.2) is 48.9 Å². The third-order valence-electron chi connectivity index (χ3n) is 25.8. The molecule has 12 unspecified atom stereocenters. The van der Waals surface area contributed by atoms with Crippen molar-refractivity contribution in [2.45, 2.75) is 159 Å². The van der Waals surface area contributed by atoms with Crippen molar-refractivity contribution < 1.29 is 73.4 Å². The Balaban J connectivity index is 0.000000114. The summed E-state index contributed by atoms with van der Waals surface area (Å²) >= 11 is 0. The molecular weight excluding hydrogens is 1720 g/mol. The quantitative estimate of drug-likeness (QED) is 0.0640. The maximum Gasteiger partial charge on any atom is 0.433 e. The number of amides is 4. The van der Waals surface area contributed by atoms with Crippen molar-refractivity contribution in [1.29, 1.82) is 0 Å². The fraction of sp³-hybridized carbons (Fsp3) is 0.355. The van der Waals surface area contributed by atoms with E-state index in [9.17, 15) is 49.9 Å². The maximum atomic E-state index is 14.6. The highest BCUT2D eigenvalue weighted by molar-refractivity contribution is 6.01. The van der Waals surface area contributed by atoms with Crippen molar-refractivity contribution in [3.8, 4) is 52.3 Å². The summed E-state index contributed by atoms with van der Waals surface area (Å²) < 4.78 is 122. The molecule has 32 nitrogen and oxygen atoms in total. The lowest BCUT2D eigenvalue weighted by atomic mass is 9.90. The van der Waals surface area contributed by atoms with Crippen LogP contribution in [-0.2, 0) is 12.4 Å². The number of hydrogen-bond donors (Lipinski definition) is 0. The Bertz CT molecular complexity index is 6350. The first-order valence-electron chi connectivity index (χ1n) is 43.6. The molecule has 4 aromatic carbocycles. The molecule has 0 N–H and O–H groups in total. The SMILES string of the molecule is Cc1ccc(C(=O)N2C3CCC2C(COc2cnc4ccccc4n2)C3)c(-n2ccnn2)n1.Cc1ccc(C(=O)N2C3CCC2C(COc2cnc4ccccc4n2)C3)c(-n2nccn2)n1.Cc1noc(-c2ccccc2C(=O)N2C3CCC2C(COc2cccc(C(F)(F)F)n2)C3)n1.O=C(c1cccc(F)c1-n1nccn1)N1C2CCC1C(COc1cccc(C(F)(F)F)n1)C2. The number of hydrogen-bond acceptors (Lipinski definition) is 25. The number of halogens is 7. The van der Waals surface area contributed by atoms with Crippen LogP contribution in [0.25, 0.3) is 50.8 Å². The van der Waals surface area contributed by atoms with E-state index in [1.165, 1.54) is 53.6 Å². The summed E-state index contributed by atoms with van der Waals surface area (Å²) in [7, 11) is 0. The molecule has 0 saturated carbocycles. The number of alkyl halides is 6. The number of aryl methyl sites for hydroxylation is 3. The molecule has 8 bridgehead atoms. The highest BCUT2D eigenvalue weighted by atomic mass is 19.4. The average molecular weight is 1800 g/mol. The van der Waals surface area contributed by atoms with Gasteiger partial charge in [0.1, 0.15) is 17.1 Å². The highest BCUT2D eigenvalue weighted by Crippen LogP contribution is 2.48. The second-order valence-electron chi connectivity index (χ2n) is 33.8. The monoisotopic (exact) mass is 1800 g/mol. The van der Waals surface area contributed by atoms with Gasteiger partial charge in [0.2, 0.25) is 23.5 Å². The van der Waals surface area contributed by atoms with Crippen LogP contribution in [0.2, 0.25) is 0 Å². The Kier molecular flexibility index (Phi) is 24.1. The molecule has 12 atom stereocenters. The van der Waals surface area contributed by atoms with Gasteiger partial charge >= 0.3 is 12.4 Å². The largest absolute Gasteiger partial charge is 0.477 e. The Hall–Kier alpha value is -14.7. The molecule has 676 valence electrons. The van der Waals surface area contributed by atoms with E-state index in [0.29, 0.717) is 77.0 Å². The van der Waals surface area contributed by atoms with Crippen LogP contribution in [0.1, 0.15) is 147 Å². The zero-order chi connectivity index (χ0) is 91.1. The second kappa shape index (κ2) is 36.7. The molecule has 39 heteroatoms. The number of aromatic nitrogens is 19. The molecule has 0 radical (unpaired) electrons. The normalized spacial score (nSPS) is 21.8. The number of carbonyl (C=O) groups excluding carboxylic acids is 4. The predicted octanol–water partition coefficient (Wildman–Crippen LogP) is 14.4. The van der Waals surface area contributed by atoms with Gasteiger partial charge in [0.15, 0.2) is 23.3 Å². The third-order valence-corrected chi connectivity index (χ3v) is 25.8. The molecule has 4 amide bonds. The topological polar surface area (TPSA) is 352 Å². The first-order chi connectivity index (χ1) is 64.0. The van der Waals surface area contributed by atoms with Gasteiger partial charge in [0, 0.05) is 95.5 Å². The minimum atomic E-state index is -4.55. The summed E-state index contributed by atoms with van der Waals surface area (Å²) in [5, 5.41) is 28.0. The Morgan fingerprint density at radius 2 is 0.811 bits per heavy atom. The van der Waals surface area contributed by atoms with Gasteiger partial charge < -0.3 is 43.1 Å². The molecule has 0 aliphatic carbocycles. The number of nitrogens with zero attached hydrogens (tertiary/aromatic N) is 23. The summed E-state index contributed by atoms with van der Waals surface area (Å²) in [4.78, 5) is 103. The number of para-hydroxylation sites is 5. The van der Waals surface area contributed by atoms with Crippen LogP contribution in [0.3, 0.4) is 0 Å². The molecule has 8 saturated heterocycles. The summed E-state index contributed by atoms with van der Waals surface area (Å²) in [5.74, 6) is 2.00. The fourth-order valence-corrected chi connectivity index (χ4v) is 20.0. The van der Waals surface area contributed by atoms with Gasteiger partial charge in [-0.15, -0.1) is 14.7 Å². The Labute approximate surface area is 749 Å². The minimum Gasteiger partial charge on any atom is -0.477 e. The molecule has 22 rings (SSSR count). The van der Waals surface area contributed by atoms with E-state index in [0.717, 1.165) is 121 Å². The maximum absolute atomic E-state index is 14.6. The number of benzene rings is 4. The Morgan fingerprint density at radius 3 is 1.27 bits per heavy atom. The van der Waals surface area contributed by atoms with Crippen molar-refractivity contribution in [1.82, 2.24) is 115 Å².